The molecule has 78 valence electrons. The van der Waals surface area contributed by atoms with E-state index in [4.69, 9.17) is 0 Å². The molecular formula is C12H18OS. The Morgan fingerprint density at radius 1 is 1.57 bits per heavy atom. The van der Waals surface area contributed by atoms with Crippen LogP contribution < -0.4 is 0 Å². The van der Waals surface area contributed by atoms with Gasteiger partial charge in [-0.3, -0.25) is 0 Å². The molecule has 0 bridgehead atoms. The Hall–Kier alpha value is -0.600. The van der Waals surface area contributed by atoms with E-state index < -0.39 is 0 Å². The monoisotopic (exact) mass is 210 g/mol. The average Bonchev–Trinajstić information content (AvgIpc) is 2.62. The molecule has 0 saturated heterocycles. The lowest BCUT2D eigenvalue weighted by molar-refractivity contribution is 0.171. The van der Waals surface area contributed by atoms with Crippen molar-refractivity contribution < 1.29 is 5.11 Å². The maximum Gasteiger partial charge on any atom is 0.0885 e. The molecule has 0 aliphatic carbocycles. The van der Waals surface area contributed by atoms with Gasteiger partial charge in [0.25, 0.3) is 0 Å². The molecule has 2 heteroatoms. The second-order valence-corrected chi connectivity index (χ2v) is 4.87. The van der Waals surface area contributed by atoms with E-state index in [1.165, 1.54) is 4.88 Å². The van der Waals surface area contributed by atoms with Crippen LogP contribution in [0.4, 0.5) is 0 Å². The number of aryl methyl sites for hydroxylation is 1. The maximum absolute atomic E-state index is 9.85. The van der Waals surface area contributed by atoms with E-state index in [1.54, 1.807) is 11.3 Å². The molecule has 1 rings (SSSR count). The Morgan fingerprint density at radius 3 is 2.79 bits per heavy atom. The normalized spacial score (nSPS) is 12.8. The van der Waals surface area contributed by atoms with Crippen molar-refractivity contribution in [1.29, 1.82) is 0 Å². The van der Waals surface area contributed by atoms with Gasteiger partial charge in [0.05, 0.1) is 6.10 Å². The van der Waals surface area contributed by atoms with Crippen molar-refractivity contribution in [3.63, 3.8) is 0 Å². The first-order valence-electron chi connectivity index (χ1n) is 5.04. The molecule has 0 radical (unpaired) electrons. The van der Waals surface area contributed by atoms with Gasteiger partial charge in [0, 0.05) is 9.75 Å². The number of hydrogen-bond donors (Lipinski definition) is 1. The van der Waals surface area contributed by atoms with Gasteiger partial charge in [-0.25, -0.2) is 0 Å². The Labute approximate surface area is 90.1 Å². The zero-order valence-corrected chi connectivity index (χ0v) is 9.73. The molecule has 1 aromatic rings. The van der Waals surface area contributed by atoms with Gasteiger partial charge < -0.3 is 5.11 Å². The summed E-state index contributed by atoms with van der Waals surface area (Å²) in [5, 5.41) is 9.85. The van der Waals surface area contributed by atoms with E-state index in [-0.39, 0.29) is 6.10 Å². The van der Waals surface area contributed by atoms with Crippen LogP contribution in [0.1, 0.15) is 42.5 Å². The van der Waals surface area contributed by atoms with Crippen molar-refractivity contribution >= 4 is 11.3 Å². The van der Waals surface area contributed by atoms with Crippen molar-refractivity contribution in [3.8, 4) is 0 Å². The maximum atomic E-state index is 9.85. The average molecular weight is 210 g/mol. The van der Waals surface area contributed by atoms with Crippen LogP contribution >= 0.6 is 11.3 Å². The van der Waals surface area contributed by atoms with Crippen LogP contribution in [0, 0.1) is 0 Å². The highest BCUT2D eigenvalue weighted by molar-refractivity contribution is 7.12. The predicted octanol–water partition coefficient (Wildman–Crippen LogP) is 3.70. The molecule has 0 amide bonds. The fourth-order valence-electron chi connectivity index (χ4n) is 1.29. The summed E-state index contributed by atoms with van der Waals surface area (Å²) in [4.78, 5) is 2.43. The van der Waals surface area contributed by atoms with Gasteiger partial charge >= 0.3 is 0 Å². The van der Waals surface area contributed by atoms with Crippen LogP contribution in [0.3, 0.4) is 0 Å². The first kappa shape index (κ1) is 11.5. The van der Waals surface area contributed by atoms with E-state index in [1.807, 2.05) is 13.0 Å². The van der Waals surface area contributed by atoms with Crippen LogP contribution in [0.15, 0.2) is 24.3 Å². The second kappa shape index (κ2) is 5.32. The zero-order valence-electron chi connectivity index (χ0n) is 8.92. The van der Waals surface area contributed by atoms with Gasteiger partial charge in [0.15, 0.2) is 0 Å². The highest BCUT2D eigenvalue weighted by atomic mass is 32.1. The molecule has 1 unspecified atom stereocenters. The summed E-state index contributed by atoms with van der Waals surface area (Å²) in [5.74, 6) is 0. The topological polar surface area (TPSA) is 20.2 Å². The van der Waals surface area contributed by atoms with Crippen LogP contribution in [0.2, 0.25) is 0 Å². The molecule has 1 heterocycles. The van der Waals surface area contributed by atoms with E-state index >= 15 is 0 Å². The minimum absolute atomic E-state index is 0.308. The molecule has 1 aromatic heterocycles. The smallest absolute Gasteiger partial charge is 0.0885 e. The van der Waals surface area contributed by atoms with Crippen LogP contribution in [0.25, 0.3) is 0 Å². The zero-order chi connectivity index (χ0) is 10.6. The van der Waals surface area contributed by atoms with E-state index in [9.17, 15) is 5.11 Å². The number of hydrogen-bond acceptors (Lipinski definition) is 2. The van der Waals surface area contributed by atoms with Crippen molar-refractivity contribution in [2.75, 3.05) is 0 Å². The summed E-state index contributed by atoms with van der Waals surface area (Å²) in [7, 11) is 0. The first-order chi connectivity index (χ1) is 6.63. The van der Waals surface area contributed by atoms with Crippen LogP contribution in [-0.4, -0.2) is 5.11 Å². The molecule has 0 saturated carbocycles. The molecule has 1 atom stereocenters. The minimum Gasteiger partial charge on any atom is -0.388 e. The molecular weight excluding hydrogens is 192 g/mol. The molecule has 1 N–H and O–H groups in total. The van der Waals surface area contributed by atoms with Gasteiger partial charge in [-0.2, -0.15) is 0 Å². The van der Waals surface area contributed by atoms with Gasteiger partial charge in [0.1, 0.15) is 0 Å². The van der Waals surface area contributed by atoms with Crippen molar-refractivity contribution in [3.05, 3.63) is 34.0 Å². The lowest BCUT2D eigenvalue weighted by atomic mass is 10.1. The molecule has 14 heavy (non-hydrogen) atoms. The number of thiophene rings is 1. The van der Waals surface area contributed by atoms with E-state index in [0.29, 0.717) is 0 Å². The minimum atomic E-state index is -0.308. The largest absolute Gasteiger partial charge is 0.388 e. The summed E-state index contributed by atoms with van der Waals surface area (Å²) in [5.41, 5.74) is 1.14. The third-order valence-corrected chi connectivity index (χ3v) is 3.53. The van der Waals surface area contributed by atoms with Crippen LogP contribution in [-0.2, 0) is 6.42 Å². The van der Waals surface area contributed by atoms with Crippen molar-refractivity contribution in [2.45, 2.75) is 39.2 Å². The second-order valence-electron chi connectivity index (χ2n) is 3.67. The lowest BCUT2D eigenvalue weighted by Gasteiger charge is -2.07. The molecule has 1 nitrogen and oxygen atoms in total. The molecule has 0 aliphatic rings. The highest BCUT2D eigenvalue weighted by Crippen LogP contribution is 2.27. The molecule has 0 aliphatic heterocycles. The summed E-state index contributed by atoms with van der Waals surface area (Å²) in [6, 6.07) is 4.14. The molecule has 0 spiro atoms. The fraction of sp³-hybridized carbons (Fsp3) is 0.500. The number of aliphatic hydroxyl groups is 1. The molecule has 0 fully saturated rings. The first-order valence-corrected chi connectivity index (χ1v) is 5.86. The molecule has 0 aromatic carbocycles. The Morgan fingerprint density at radius 2 is 2.29 bits per heavy atom. The Bertz CT molecular complexity index is 301. The number of rotatable bonds is 5. The lowest BCUT2D eigenvalue weighted by Crippen LogP contribution is -1.94. The SMILES string of the molecule is C=C(C)CCC(O)c1ccc(CC)s1. The van der Waals surface area contributed by atoms with Gasteiger partial charge in [-0.1, -0.05) is 12.5 Å². The third kappa shape index (κ3) is 3.28. The number of aliphatic hydroxyl groups excluding tert-OH is 1. The fourth-order valence-corrected chi connectivity index (χ4v) is 2.26. The Kier molecular flexibility index (Phi) is 4.36. The Balaban J connectivity index is 2.51. The van der Waals surface area contributed by atoms with Gasteiger partial charge in [-0.05, 0) is 38.3 Å². The predicted molar refractivity (Wildman–Crippen MR) is 62.7 cm³/mol. The van der Waals surface area contributed by atoms with Crippen molar-refractivity contribution in [2.24, 2.45) is 0 Å². The number of allylic oxidation sites excluding steroid dienone is 1. The van der Waals surface area contributed by atoms with Crippen LogP contribution in [0.5, 0.6) is 0 Å². The third-order valence-electron chi connectivity index (χ3n) is 2.20. The summed E-state index contributed by atoms with van der Waals surface area (Å²) in [6.07, 6.45) is 2.44. The van der Waals surface area contributed by atoms with Gasteiger partial charge in [-0.15, -0.1) is 17.9 Å². The summed E-state index contributed by atoms with van der Waals surface area (Å²) in [6.45, 7) is 7.97. The van der Waals surface area contributed by atoms with E-state index in [0.717, 1.165) is 29.7 Å². The summed E-state index contributed by atoms with van der Waals surface area (Å²) >= 11 is 1.71. The summed E-state index contributed by atoms with van der Waals surface area (Å²) < 4.78 is 0. The highest BCUT2D eigenvalue weighted by Gasteiger charge is 2.09. The quantitative estimate of drug-likeness (QED) is 0.735. The van der Waals surface area contributed by atoms with Gasteiger partial charge in [0.2, 0.25) is 0 Å². The standard InChI is InChI=1S/C12H18OS/c1-4-10-6-8-12(14-10)11(13)7-5-9(2)3/h6,8,11,13H,2,4-5,7H2,1,3H3. The van der Waals surface area contributed by atoms with Crippen molar-refractivity contribution in [1.82, 2.24) is 0 Å². The van der Waals surface area contributed by atoms with E-state index in [2.05, 4.69) is 19.6 Å².